The standard InChI is InChI=1S/C23H23N/c1-20(23-15-9-4-10-16-23)17-24(18-21-11-5-2-6-12-21)19-22-13-7-3-8-14-22/h2-17H,18-19H2,1H3/b20-17+. The maximum Gasteiger partial charge on any atom is 0.0427 e. The number of hydrogen-bond acceptors (Lipinski definition) is 1. The average molecular weight is 313 g/mol. The minimum atomic E-state index is 0.903. The molecule has 0 unspecified atom stereocenters. The van der Waals surface area contributed by atoms with Crippen LogP contribution in [-0.4, -0.2) is 4.90 Å². The van der Waals surface area contributed by atoms with Gasteiger partial charge in [-0.3, -0.25) is 0 Å². The normalized spacial score (nSPS) is 11.3. The van der Waals surface area contributed by atoms with Crippen molar-refractivity contribution in [3.8, 4) is 0 Å². The Labute approximate surface area is 144 Å². The topological polar surface area (TPSA) is 3.24 Å². The van der Waals surface area contributed by atoms with Crippen molar-refractivity contribution >= 4 is 5.57 Å². The number of rotatable bonds is 6. The highest BCUT2D eigenvalue weighted by Gasteiger charge is 2.05. The molecule has 0 radical (unpaired) electrons. The Kier molecular flexibility index (Phi) is 5.47. The molecule has 3 aromatic rings. The Morgan fingerprint density at radius 3 is 1.54 bits per heavy atom. The van der Waals surface area contributed by atoms with Crippen molar-refractivity contribution in [3.63, 3.8) is 0 Å². The molecule has 0 amide bonds. The summed E-state index contributed by atoms with van der Waals surface area (Å²) in [7, 11) is 0. The van der Waals surface area contributed by atoms with Gasteiger partial charge in [-0.05, 0) is 29.2 Å². The van der Waals surface area contributed by atoms with E-state index in [1.54, 1.807) is 0 Å². The fraction of sp³-hybridized carbons (Fsp3) is 0.130. The van der Waals surface area contributed by atoms with Crippen molar-refractivity contribution in [1.29, 1.82) is 0 Å². The van der Waals surface area contributed by atoms with Gasteiger partial charge in [0, 0.05) is 19.3 Å². The highest BCUT2D eigenvalue weighted by Crippen LogP contribution is 2.17. The lowest BCUT2D eigenvalue weighted by Crippen LogP contribution is -2.17. The van der Waals surface area contributed by atoms with Crippen LogP contribution >= 0.6 is 0 Å². The Morgan fingerprint density at radius 1 is 0.667 bits per heavy atom. The molecule has 0 aliphatic carbocycles. The minimum Gasteiger partial charge on any atom is -0.369 e. The first kappa shape index (κ1) is 16.1. The Balaban J connectivity index is 1.83. The molecule has 0 aromatic heterocycles. The first-order valence-corrected chi connectivity index (χ1v) is 8.37. The van der Waals surface area contributed by atoms with Gasteiger partial charge in [-0.25, -0.2) is 0 Å². The highest BCUT2D eigenvalue weighted by molar-refractivity contribution is 5.63. The van der Waals surface area contributed by atoms with Gasteiger partial charge in [0.25, 0.3) is 0 Å². The molecular formula is C23H23N. The van der Waals surface area contributed by atoms with Crippen LogP contribution in [0.4, 0.5) is 0 Å². The summed E-state index contributed by atoms with van der Waals surface area (Å²) in [6.45, 7) is 3.98. The van der Waals surface area contributed by atoms with Gasteiger partial charge in [0.05, 0.1) is 0 Å². The average Bonchev–Trinajstić information content (AvgIpc) is 2.64. The highest BCUT2D eigenvalue weighted by atomic mass is 15.1. The molecule has 1 nitrogen and oxygen atoms in total. The molecule has 120 valence electrons. The molecule has 0 saturated carbocycles. The Morgan fingerprint density at radius 2 is 1.08 bits per heavy atom. The van der Waals surface area contributed by atoms with E-state index in [1.807, 2.05) is 0 Å². The lowest BCUT2D eigenvalue weighted by molar-refractivity contribution is 0.363. The van der Waals surface area contributed by atoms with Crippen molar-refractivity contribution < 1.29 is 0 Å². The van der Waals surface area contributed by atoms with Crippen LogP contribution in [0, 0.1) is 0 Å². The summed E-state index contributed by atoms with van der Waals surface area (Å²) in [5.74, 6) is 0. The van der Waals surface area contributed by atoms with Crippen LogP contribution in [0.1, 0.15) is 23.6 Å². The van der Waals surface area contributed by atoms with Crippen LogP contribution in [0.3, 0.4) is 0 Å². The first-order valence-electron chi connectivity index (χ1n) is 8.37. The van der Waals surface area contributed by atoms with Crippen molar-refractivity contribution in [2.75, 3.05) is 0 Å². The summed E-state index contributed by atoms with van der Waals surface area (Å²) in [4.78, 5) is 2.38. The van der Waals surface area contributed by atoms with Crippen molar-refractivity contribution in [3.05, 3.63) is 114 Å². The molecular weight excluding hydrogens is 290 g/mol. The lowest BCUT2D eigenvalue weighted by Gasteiger charge is -2.22. The number of benzene rings is 3. The predicted octanol–water partition coefficient (Wildman–Crippen LogP) is 5.75. The zero-order valence-electron chi connectivity index (χ0n) is 14.1. The van der Waals surface area contributed by atoms with E-state index in [2.05, 4.69) is 109 Å². The molecule has 0 heterocycles. The molecule has 24 heavy (non-hydrogen) atoms. The second-order valence-electron chi connectivity index (χ2n) is 6.05. The maximum atomic E-state index is 2.38. The van der Waals surface area contributed by atoms with Gasteiger partial charge in [0.15, 0.2) is 0 Å². The van der Waals surface area contributed by atoms with Crippen LogP contribution in [-0.2, 0) is 13.1 Å². The van der Waals surface area contributed by atoms with E-state index in [0.717, 1.165) is 13.1 Å². The van der Waals surface area contributed by atoms with Crippen molar-refractivity contribution in [1.82, 2.24) is 4.90 Å². The molecule has 3 aromatic carbocycles. The SMILES string of the molecule is C/C(=C\N(Cc1ccccc1)Cc1ccccc1)c1ccccc1. The predicted molar refractivity (Wildman–Crippen MR) is 102 cm³/mol. The van der Waals surface area contributed by atoms with E-state index in [-0.39, 0.29) is 0 Å². The van der Waals surface area contributed by atoms with Gasteiger partial charge in [0.2, 0.25) is 0 Å². The molecule has 0 saturated heterocycles. The smallest absolute Gasteiger partial charge is 0.0427 e. The quantitative estimate of drug-likeness (QED) is 0.560. The minimum absolute atomic E-state index is 0.903. The Hall–Kier alpha value is -2.80. The Bertz CT molecular complexity index is 719. The molecule has 0 aliphatic heterocycles. The van der Waals surface area contributed by atoms with Gasteiger partial charge in [-0.2, -0.15) is 0 Å². The zero-order chi connectivity index (χ0) is 16.6. The van der Waals surface area contributed by atoms with E-state index in [1.165, 1.54) is 22.3 Å². The summed E-state index contributed by atoms with van der Waals surface area (Å²) in [5, 5.41) is 0. The number of allylic oxidation sites excluding steroid dienone is 1. The number of hydrogen-bond donors (Lipinski definition) is 0. The van der Waals surface area contributed by atoms with Crippen molar-refractivity contribution in [2.24, 2.45) is 0 Å². The van der Waals surface area contributed by atoms with E-state index in [4.69, 9.17) is 0 Å². The summed E-state index contributed by atoms with van der Waals surface area (Å²) < 4.78 is 0. The van der Waals surface area contributed by atoms with E-state index in [0.29, 0.717) is 0 Å². The summed E-state index contributed by atoms with van der Waals surface area (Å²) in [6.07, 6.45) is 2.27. The van der Waals surface area contributed by atoms with Crippen LogP contribution in [0.25, 0.3) is 5.57 Å². The molecule has 0 bridgehead atoms. The molecule has 0 spiro atoms. The third-order valence-corrected chi connectivity index (χ3v) is 4.06. The third-order valence-electron chi connectivity index (χ3n) is 4.06. The third kappa shape index (κ3) is 4.60. The van der Waals surface area contributed by atoms with E-state index in [9.17, 15) is 0 Å². The summed E-state index contributed by atoms with van der Waals surface area (Å²) in [5.41, 5.74) is 5.20. The lowest BCUT2D eigenvalue weighted by atomic mass is 10.1. The molecule has 0 atom stereocenters. The molecule has 0 N–H and O–H groups in total. The van der Waals surface area contributed by atoms with Crippen molar-refractivity contribution in [2.45, 2.75) is 20.0 Å². The zero-order valence-corrected chi connectivity index (χ0v) is 14.1. The van der Waals surface area contributed by atoms with Crippen LogP contribution in [0.5, 0.6) is 0 Å². The van der Waals surface area contributed by atoms with Gasteiger partial charge in [0.1, 0.15) is 0 Å². The summed E-state index contributed by atoms with van der Waals surface area (Å²) >= 11 is 0. The maximum absolute atomic E-state index is 2.38. The van der Waals surface area contributed by atoms with E-state index >= 15 is 0 Å². The van der Waals surface area contributed by atoms with Gasteiger partial charge in [-0.1, -0.05) is 91.0 Å². The summed E-state index contributed by atoms with van der Waals surface area (Å²) in [6, 6.07) is 31.8. The van der Waals surface area contributed by atoms with Crippen LogP contribution in [0.2, 0.25) is 0 Å². The largest absolute Gasteiger partial charge is 0.369 e. The van der Waals surface area contributed by atoms with E-state index < -0.39 is 0 Å². The monoisotopic (exact) mass is 313 g/mol. The van der Waals surface area contributed by atoms with Gasteiger partial charge < -0.3 is 4.90 Å². The fourth-order valence-electron chi connectivity index (χ4n) is 2.83. The fourth-order valence-corrected chi connectivity index (χ4v) is 2.83. The van der Waals surface area contributed by atoms with Gasteiger partial charge in [-0.15, -0.1) is 0 Å². The second-order valence-corrected chi connectivity index (χ2v) is 6.05. The molecule has 1 heteroatoms. The van der Waals surface area contributed by atoms with Crippen LogP contribution < -0.4 is 0 Å². The van der Waals surface area contributed by atoms with Crippen LogP contribution in [0.15, 0.2) is 97.2 Å². The first-order chi connectivity index (χ1) is 11.8. The van der Waals surface area contributed by atoms with Gasteiger partial charge >= 0.3 is 0 Å². The second kappa shape index (κ2) is 8.16. The number of nitrogens with zero attached hydrogens (tertiary/aromatic N) is 1. The molecule has 0 aliphatic rings. The molecule has 3 rings (SSSR count). The molecule has 0 fully saturated rings.